The van der Waals surface area contributed by atoms with Crippen molar-refractivity contribution < 1.29 is 15.0 Å². The molecule has 0 saturated heterocycles. The number of hydrogen-bond donors (Lipinski definition) is 3. The molecule has 1 amide bonds. The van der Waals surface area contributed by atoms with Crippen LogP contribution in [0.4, 0.5) is 0 Å². The highest BCUT2D eigenvalue weighted by atomic mass is 16.3. The maximum Gasteiger partial charge on any atom is 0.244 e. The smallest absolute Gasteiger partial charge is 0.244 e. The molecular weight excluding hydrogens is 206 g/mol. The van der Waals surface area contributed by atoms with Gasteiger partial charge in [-0.2, -0.15) is 0 Å². The number of rotatable bonds is 4. The highest BCUT2D eigenvalue weighted by Gasteiger charge is 2.05. The summed E-state index contributed by atoms with van der Waals surface area (Å²) in [5, 5.41) is 18.4. The number of phenols is 2. The minimum atomic E-state index is -0.464. The fourth-order valence-corrected chi connectivity index (χ4v) is 1.37. The second-order valence-electron chi connectivity index (χ2n) is 3.53. The van der Waals surface area contributed by atoms with Gasteiger partial charge in [0.15, 0.2) is 11.5 Å². The van der Waals surface area contributed by atoms with Gasteiger partial charge in [0.25, 0.3) is 0 Å². The molecule has 0 bridgehead atoms. The summed E-state index contributed by atoms with van der Waals surface area (Å²) in [6, 6.07) is 4.35. The maximum atomic E-state index is 11.1. The first-order valence-electron chi connectivity index (χ1n) is 5.07. The number of aromatic hydroxyl groups is 2. The Labute approximate surface area is 94.0 Å². The van der Waals surface area contributed by atoms with Gasteiger partial charge in [-0.05, 0) is 30.2 Å². The number of phenolic OH excluding ortho intramolecular Hbond substituents is 2. The molecule has 16 heavy (non-hydrogen) atoms. The van der Waals surface area contributed by atoms with Crippen molar-refractivity contribution in [1.82, 2.24) is 0 Å². The van der Waals surface area contributed by atoms with Gasteiger partial charge < -0.3 is 15.9 Å². The zero-order valence-electron chi connectivity index (χ0n) is 9.10. The Kier molecular flexibility index (Phi) is 3.94. The minimum Gasteiger partial charge on any atom is -0.504 e. The van der Waals surface area contributed by atoms with Crippen molar-refractivity contribution in [2.75, 3.05) is 0 Å². The van der Waals surface area contributed by atoms with Crippen LogP contribution in [0.3, 0.4) is 0 Å². The van der Waals surface area contributed by atoms with Crippen molar-refractivity contribution in [3.63, 3.8) is 0 Å². The van der Waals surface area contributed by atoms with E-state index in [9.17, 15) is 9.90 Å². The SMILES string of the molecule is CCC/C(=C\c1ccc(O)c(O)c1)C(N)=O. The van der Waals surface area contributed by atoms with E-state index in [1.165, 1.54) is 12.1 Å². The first kappa shape index (κ1) is 12.1. The normalized spacial score (nSPS) is 11.4. The minimum absolute atomic E-state index is 0.187. The van der Waals surface area contributed by atoms with Gasteiger partial charge in [-0.1, -0.05) is 19.4 Å². The molecule has 0 fully saturated rings. The van der Waals surface area contributed by atoms with Gasteiger partial charge in [-0.15, -0.1) is 0 Å². The third kappa shape index (κ3) is 3.02. The van der Waals surface area contributed by atoms with E-state index < -0.39 is 5.91 Å². The molecule has 0 aromatic heterocycles. The van der Waals surface area contributed by atoms with Crippen molar-refractivity contribution in [1.29, 1.82) is 0 Å². The zero-order valence-corrected chi connectivity index (χ0v) is 9.10. The number of carbonyl (C=O) groups excluding carboxylic acids is 1. The number of nitrogens with two attached hydrogens (primary N) is 1. The molecule has 0 unspecified atom stereocenters. The lowest BCUT2D eigenvalue weighted by atomic mass is 10.1. The molecule has 86 valence electrons. The van der Waals surface area contributed by atoms with Gasteiger partial charge in [0, 0.05) is 5.57 Å². The van der Waals surface area contributed by atoms with E-state index in [1.807, 2.05) is 6.92 Å². The monoisotopic (exact) mass is 221 g/mol. The molecule has 0 spiro atoms. The Morgan fingerprint density at radius 1 is 1.38 bits per heavy atom. The average molecular weight is 221 g/mol. The van der Waals surface area contributed by atoms with Gasteiger partial charge in [0.2, 0.25) is 5.91 Å². The fourth-order valence-electron chi connectivity index (χ4n) is 1.37. The second-order valence-corrected chi connectivity index (χ2v) is 3.53. The van der Waals surface area contributed by atoms with E-state index >= 15 is 0 Å². The van der Waals surface area contributed by atoms with Crippen LogP contribution in [0.5, 0.6) is 11.5 Å². The molecule has 1 aromatic carbocycles. The molecule has 4 N–H and O–H groups in total. The quantitative estimate of drug-likeness (QED) is 0.535. The van der Waals surface area contributed by atoms with E-state index in [-0.39, 0.29) is 11.5 Å². The van der Waals surface area contributed by atoms with Crippen molar-refractivity contribution >= 4 is 12.0 Å². The maximum absolute atomic E-state index is 11.1. The molecule has 0 radical (unpaired) electrons. The topological polar surface area (TPSA) is 83.6 Å². The van der Waals surface area contributed by atoms with E-state index in [4.69, 9.17) is 10.8 Å². The molecule has 0 heterocycles. The standard InChI is InChI=1S/C12H15NO3/c1-2-3-9(12(13)16)6-8-4-5-10(14)11(15)7-8/h4-7,14-15H,2-3H2,1H3,(H2,13,16)/b9-6+. The number of carbonyl (C=O) groups is 1. The molecule has 4 heteroatoms. The first-order chi connectivity index (χ1) is 7.54. The number of benzene rings is 1. The van der Waals surface area contributed by atoms with Gasteiger partial charge in [0.05, 0.1) is 0 Å². The molecule has 0 atom stereocenters. The van der Waals surface area contributed by atoms with Crippen LogP contribution in [-0.4, -0.2) is 16.1 Å². The Morgan fingerprint density at radius 2 is 2.06 bits per heavy atom. The molecule has 0 aliphatic heterocycles. The van der Waals surface area contributed by atoms with Crippen LogP contribution in [0.15, 0.2) is 23.8 Å². The van der Waals surface area contributed by atoms with Crippen LogP contribution in [0, 0.1) is 0 Å². The first-order valence-corrected chi connectivity index (χ1v) is 5.07. The Balaban J connectivity index is 3.03. The lowest BCUT2D eigenvalue weighted by molar-refractivity contribution is -0.114. The van der Waals surface area contributed by atoms with E-state index in [2.05, 4.69) is 0 Å². The Bertz CT molecular complexity index is 424. The second kappa shape index (κ2) is 5.21. The van der Waals surface area contributed by atoms with Crippen molar-refractivity contribution in [2.45, 2.75) is 19.8 Å². The molecule has 0 aliphatic carbocycles. The molecule has 0 aliphatic rings. The van der Waals surface area contributed by atoms with Crippen molar-refractivity contribution in [3.8, 4) is 11.5 Å². The Hall–Kier alpha value is -1.97. The summed E-state index contributed by atoms with van der Waals surface area (Å²) in [5.41, 5.74) is 6.36. The summed E-state index contributed by atoms with van der Waals surface area (Å²) in [5.74, 6) is -0.864. The van der Waals surface area contributed by atoms with E-state index in [0.717, 1.165) is 6.42 Å². The van der Waals surface area contributed by atoms with Gasteiger partial charge in [-0.3, -0.25) is 4.79 Å². The summed E-state index contributed by atoms with van der Waals surface area (Å²) in [6.45, 7) is 1.95. The van der Waals surface area contributed by atoms with Crippen LogP contribution < -0.4 is 5.73 Å². The van der Waals surface area contributed by atoms with Gasteiger partial charge >= 0.3 is 0 Å². The number of hydrogen-bond acceptors (Lipinski definition) is 3. The molecule has 1 rings (SSSR count). The predicted molar refractivity (Wildman–Crippen MR) is 61.9 cm³/mol. The van der Waals surface area contributed by atoms with Crippen molar-refractivity contribution in [3.05, 3.63) is 29.3 Å². The Morgan fingerprint density at radius 3 is 2.56 bits per heavy atom. The molecule has 0 saturated carbocycles. The van der Waals surface area contributed by atoms with Gasteiger partial charge in [0.1, 0.15) is 0 Å². The third-order valence-corrected chi connectivity index (χ3v) is 2.18. The summed E-state index contributed by atoms with van der Waals surface area (Å²) in [6.07, 6.45) is 3.03. The highest BCUT2D eigenvalue weighted by molar-refractivity contribution is 5.96. The van der Waals surface area contributed by atoms with Crippen LogP contribution in [0.25, 0.3) is 6.08 Å². The van der Waals surface area contributed by atoms with Crippen LogP contribution in [-0.2, 0) is 4.79 Å². The number of primary amides is 1. The summed E-state index contributed by atoms with van der Waals surface area (Å²) in [7, 11) is 0. The summed E-state index contributed by atoms with van der Waals surface area (Å²) >= 11 is 0. The van der Waals surface area contributed by atoms with Crippen LogP contribution >= 0.6 is 0 Å². The molecule has 1 aromatic rings. The zero-order chi connectivity index (χ0) is 12.1. The molecular formula is C12H15NO3. The molecule has 4 nitrogen and oxygen atoms in total. The van der Waals surface area contributed by atoms with Crippen LogP contribution in [0.2, 0.25) is 0 Å². The predicted octanol–water partition coefficient (Wildman–Crippen LogP) is 1.77. The van der Waals surface area contributed by atoms with E-state index in [1.54, 1.807) is 12.1 Å². The van der Waals surface area contributed by atoms with E-state index in [0.29, 0.717) is 17.6 Å². The summed E-state index contributed by atoms with van der Waals surface area (Å²) < 4.78 is 0. The van der Waals surface area contributed by atoms with Crippen LogP contribution in [0.1, 0.15) is 25.3 Å². The number of amides is 1. The summed E-state index contributed by atoms with van der Waals surface area (Å²) in [4.78, 5) is 11.1. The van der Waals surface area contributed by atoms with Crippen molar-refractivity contribution in [2.24, 2.45) is 5.73 Å². The largest absolute Gasteiger partial charge is 0.504 e. The van der Waals surface area contributed by atoms with Gasteiger partial charge in [-0.25, -0.2) is 0 Å². The lowest BCUT2D eigenvalue weighted by Gasteiger charge is -2.03. The highest BCUT2D eigenvalue weighted by Crippen LogP contribution is 2.26. The average Bonchev–Trinajstić information content (AvgIpc) is 2.22. The fraction of sp³-hybridized carbons (Fsp3) is 0.250. The lowest BCUT2D eigenvalue weighted by Crippen LogP contribution is -2.13. The third-order valence-electron chi connectivity index (χ3n) is 2.18.